The van der Waals surface area contributed by atoms with Crippen LogP contribution in [0.3, 0.4) is 0 Å². The summed E-state index contributed by atoms with van der Waals surface area (Å²) in [4.78, 5) is 11.9. The van der Waals surface area contributed by atoms with Gasteiger partial charge in [-0.05, 0) is 0 Å². The van der Waals surface area contributed by atoms with Gasteiger partial charge in [-0.15, -0.1) is 0 Å². The van der Waals surface area contributed by atoms with Crippen LogP contribution in [0.4, 0.5) is 0 Å². The Morgan fingerprint density at radius 3 is 1.83 bits per heavy atom. The molecule has 0 aromatic rings. The molecule has 0 aromatic carbocycles. The molecule has 1 heterocycles. The number of carbonyl (C=O) groups excluding carboxylic acids is 1. The van der Waals surface area contributed by atoms with Crippen LogP contribution in [0.25, 0.3) is 0 Å². The number of hydrogen-bond acceptors (Lipinski definition) is 2. The third-order valence-corrected chi connectivity index (χ3v) is 1.69. The lowest BCUT2D eigenvalue weighted by atomic mass is 10.2. The monoisotopic (exact) mass is 162 g/mol. The van der Waals surface area contributed by atoms with E-state index in [-0.39, 0.29) is 0 Å². The number of piperazine rings is 1. The number of nitrogens with one attached hydrogen (secondary N) is 1. The molecule has 0 saturated carbocycles. The zero-order chi connectivity index (χ0) is 9.30. The zero-order valence-electron chi connectivity index (χ0n) is 6.76. The van der Waals surface area contributed by atoms with Gasteiger partial charge in [0.1, 0.15) is 0 Å². The lowest BCUT2D eigenvalue weighted by molar-refractivity contribution is -0.115. The first kappa shape index (κ1) is 8.33. The molecule has 1 amide bonds. The molecule has 3 nitrogen and oxygen atoms in total. The molecule has 62 valence electrons. The topological polar surface area (TPSA) is 32.3 Å². The van der Waals surface area contributed by atoms with Crippen LogP contribution in [-0.2, 0) is 4.79 Å². The van der Waals surface area contributed by atoms with Gasteiger partial charge in [0.05, 0.1) is 22.8 Å². The van der Waals surface area contributed by atoms with E-state index in [0.717, 1.165) is 0 Å². The highest BCUT2D eigenvalue weighted by Crippen LogP contribution is 2.23. The standard InChI is InChI=1S/C9H10N2O/c1-6-8(3)11(5-12)9(4)7(2)10-6/h5,10H,1-4H2. The first-order chi connectivity index (χ1) is 5.57. The summed E-state index contributed by atoms with van der Waals surface area (Å²) >= 11 is 0. The Morgan fingerprint density at radius 2 is 1.50 bits per heavy atom. The van der Waals surface area contributed by atoms with E-state index >= 15 is 0 Å². The molecule has 3 heteroatoms. The maximum atomic E-state index is 10.6. The van der Waals surface area contributed by atoms with Crippen molar-refractivity contribution in [2.75, 3.05) is 0 Å². The van der Waals surface area contributed by atoms with Crippen molar-refractivity contribution in [2.45, 2.75) is 0 Å². The minimum absolute atomic E-state index is 0.502. The van der Waals surface area contributed by atoms with Gasteiger partial charge in [0.25, 0.3) is 0 Å². The molecule has 0 unspecified atom stereocenters. The van der Waals surface area contributed by atoms with Gasteiger partial charge in [-0.1, -0.05) is 26.3 Å². The number of hydrogen-bond donors (Lipinski definition) is 1. The second kappa shape index (κ2) is 2.70. The molecule has 0 aliphatic carbocycles. The van der Waals surface area contributed by atoms with Crippen molar-refractivity contribution in [2.24, 2.45) is 0 Å². The summed E-state index contributed by atoms with van der Waals surface area (Å²) in [5.74, 6) is 0. The fourth-order valence-electron chi connectivity index (χ4n) is 0.907. The minimum atomic E-state index is 0.502. The second-order valence-electron chi connectivity index (χ2n) is 2.45. The Kier molecular flexibility index (Phi) is 1.87. The molecule has 1 rings (SSSR count). The maximum absolute atomic E-state index is 10.6. The summed E-state index contributed by atoms with van der Waals surface area (Å²) in [7, 11) is 0. The highest BCUT2D eigenvalue weighted by molar-refractivity contribution is 5.62. The van der Waals surface area contributed by atoms with Gasteiger partial charge in [0.15, 0.2) is 0 Å². The Morgan fingerprint density at radius 1 is 1.08 bits per heavy atom. The Labute approximate surface area is 71.4 Å². The molecule has 1 aliphatic rings. The van der Waals surface area contributed by atoms with Crippen molar-refractivity contribution in [3.63, 3.8) is 0 Å². The molecule has 0 aromatic heterocycles. The maximum Gasteiger partial charge on any atom is 0.218 e. The van der Waals surface area contributed by atoms with E-state index in [1.54, 1.807) is 0 Å². The van der Waals surface area contributed by atoms with Gasteiger partial charge in [0.2, 0.25) is 6.41 Å². The van der Waals surface area contributed by atoms with E-state index in [0.29, 0.717) is 29.2 Å². The molecule has 1 N–H and O–H groups in total. The number of rotatable bonds is 1. The van der Waals surface area contributed by atoms with Gasteiger partial charge >= 0.3 is 0 Å². The fraction of sp³-hybridized carbons (Fsp3) is 0. The van der Waals surface area contributed by atoms with E-state index in [2.05, 4.69) is 31.6 Å². The predicted molar refractivity (Wildman–Crippen MR) is 47.6 cm³/mol. The Bertz CT molecular complexity index is 276. The van der Waals surface area contributed by atoms with Crippen LogP contribution >= 0.6 is 0 Å². The summed E-state index contributed by atoms with van der Waals surface area (Å²) in [6, 6.07) is 0. The SMILES string of the molecule is C=C1NC(=C)C(=C)N(C=O)C1=C. The van der Waals surface area contributed by atoms with E-state index in [1.807, 2.05) is 0 Å². The molecular weight excluding hydrogens is 152 g/mol. The van der Waals surface area contributed by atoms with E-state index in [9.17, 15) is 4.79 Å². The average Bonchev–Trinajstić information content (AvgIpc) is 2.02. The summed E-state index contributed by atoms with van der Waals surface area (Å²) in [6.45, 7) is 14.7. The van der Waals surface area contributed by atoms with Gasteiger partial charge in [-0.3, -0.25) is 9.69 Å². The molecular formula is C9H10N2O. The zero-order valence-corrected chi connectivity index (χ0v) is 6.76. The largest absolute Gasteiger partial charge is 0.353 e. The Balaban J connectivity index is 3.04. The van der Waals surface area contributed by atoms with Gasteiger partial charge in [0, 0.05) is 0 Å². The predicted octanol–water partition coefficient (Wildman–Crippen LogP) is 1.10. The fourth-order valence-corrected chi connectivity index (χ4v) is 0.907. The van der Waals surface area contributed by atoms with E-state index in [1.165, 1.54) is 4.90 Å². The van der Waals surface area contributed by atoms with Crippen LogP contribution in [0.1, 0.15) is 0 Å². The van der Waals surface area contributed by atoms with E-state index in [4.69, 9.17) is 0 Å². The normalized spacial score (nSPS) is 17.8. The third-order valence-electron chi connectivity index (χ3n) is 1.69. The van der Waals surface area contributed by atoms with Gasteiger partial charge in [-0.25, -0.2) is 0 Å². The van der Waals surface area contributed by atoms with Crippen molar-refractivity contribution in [3.8, 4) is 0 Å². The van der Waals surface area contributed by atoms with Crippen LogP contribution in [0.2, 0.25) is 0 Å². The molecule has 1 aliphatic heterocycles. The quantitative estimate of drug-likeness (QED) is 0.585. The highest BCUT2D eigenvalue weighted by Gasteiger charge is 2.21. The molecule has 1 saturated heterocycles. The number of amides is 1. The van der Waals surface area contributed by atoms with Crippen LogP contribution in [-0.4, -0.2) is 11.3 Å². The smallest absolute Gasteiger partial charge is 0.218 e. The van der Waals surface area contributed by atoms with Gasteiger partial charge in [-0.2, -0.15) is 0 Å². The highest BCUT2D eigenvalue weighted by atomic mass is 16.1. The molecule has 1 fully saturated rings. The second-order valence-corrected chi connectivity index (χ2v) is 2.45. The molecule has 0 atom stereocenters. The lowest BCUT2D eigenvalue weighted by Gasteiger charge is -2.31. The molecule has 0 bridgehead atoms. The minimum Gasteiger partial charge on any atom is -0.353 e. The van der Waals surface area contributed by atoms with Crippen molar-refractivity contribution in [1.82, 2.24) is 10.2 Å². The Hall–Kier alpha value is -1.77. The summed E-state index contributed by atoms with van der Waals surface area (Å²) < 4.78 is 0. The molecule has 0 radical (unpaired) electrons. The average molecular weight is 162 g/mol. The van der Waals surface area contributed by atoms with Gasteiger partial charge < -0.3 is 5.32 Å². The van der Waals surface area contributed by atoms with Crippen molar-refractivity contribution in [1.29, 1.82) is 0 Å². The third kappa shape index (κ3) is 1.05. The van der Waals surface area contributed by atoms with Crippen LogP contribution < -0.4 is 5.32 Å². The van der Waals surface area contributed by atoms with Crippen molar-refractivity contribution in [3.05, 3.63) is 49.1 Å². The number of nitrogens with zero attached hydrogens (tertiary/aromatic N) is 1. The molecule has 0 spiro atoms. The summed E-state index contributed by atoms with van der Waals surface area (Å²) in [5.41, 5.74) is 2.14. The first-order valence-corrected chi connectivity index (χ1v) is 3.36. The van der Waals surface area contributed by atoms with Crippen LogP contribution in [0, 0.1) is 0 Å². The number of carbonyl (C=O) groups is 1. The molecule has 12 heavy (non-hydrogen) atoms. The summed E-state index contributed by atoms with van der Waals surface area (Å²) in [5, 5.41) is 2.85. The summed E-state index contributed by atoms with van der Waals surface area (Å²) in [6.07, 6.45) is 0.641. The van der Waals surface area contributed by atoms with E-state index < -0.39 is 0 Å². The lowest BCUT2D eigenvalue weighted by Crippen LogP contribution is -2.34. The van der Waals surface area contributed by atoms with Crippen molar-refractivity contribution >= 4 is 6.41 Å². The van der Waals surface area contributed by atoms with Crippen molar-refractivity contribution < 1.29 is 4.79 Å². The van der Waals surface area contributed by atoms with Crippen LogP contribution in [0.15, 0.2) is 49.1 Å². The first-order valence-electron chi connectivity index (χ1n) is 3.36. The van der Waals surface area contributed by atoms with Crippen LogP contribution in [0.5, 0.6) is 0 Å².